The van der Waals surface area contributed by atoms with Gasteiger partial charge in [0.2, 0.25) is 5.54 Å². The molecule has 0 bridgehead atoms. The fourth-order valence-electron chi connectivity index (χ4n) is 2.88. The first-order valence-corrected chi connectivity index (χ1v) is 9.28. The molecule has 1 saturated heterocycles. The molecule has 1 aromatic carbocycles. The predicted octanol–water partition coefficient (Wildman–Crippen LogP) is 5.07. The van der Waals surface area contributed by atoms with Crippen molar-refractivity contribution in [2.75, 3.05) is 13.1 Å². The molecule has 2 rings (SSSR count). The molecular weight excluding hydrogens is 429 g/mol. The van der Waals surface area contributed by atoms with E-state index in [-0.39, 0.29) is 6.09 Å². The number of carbonyl (C=O) groups is 1. The Morgan fingerprint density at radius 2 is 1.96 bits per heavy atom. The van der Waals surface area contributed by atoms with E-state index >= 15 is 0 Å². The summed E-state index contributed by atoms with van der Waals surface area (Å²) in [4.78, 5) is 21.3. The molecular formula is C19H22IN3O2. The summed E-state index contributed by atoms with van der Waals surface area (Å²) >= 11 is 2.25. The highest BCUT2D eigenvalue weighted by molar-refractivity contribution is 14.1. The van der Waals surface area contributed by atoms with Crippen LogP contribution in [0, 0.1) is 16.7 Å². The Kier molecular flexibility index (Phi) is 5.95. The zero-order valence-corrected chi connectivity index (χ0v) is 17.0. The van der Waals surface area contributed by atoms with Crippen LogP contribution in [0.5, 0.6) is 0 Å². The van der Waals surface area contributed by atoms with Crippen LogP contribution in [-0.2, 0) is 11.2 Å². The van der Waals surface area contributed by atoms with E-state index in [1.807, 2.05) is 32.9 Å². The van der Waals surface area contributed by atoms with Crippen molar-refractivity contribution in [3.05, 3.63) is 50.2 Å². The first-order chi connectivity index (χ1) is 11.7. The van der Waals surface area contributed by atoms with Gasteiger partial charge in [-0.25, -0.2) is 16.2 Å². The Labute approximate surface area is 163 Å². The lowest BCUT2D eigenvalue weighted by Gasteiger charge is -2.35. The second-order valence-electron chi connectivity index (χ2n) is 7.37. The minimum atomic E-state index is -0.515. The van der Waals surface area contributed by atoms with E-state index in [1.165, 1.54) is 0 Å². The summed E-state index contributed by atoms with van der Waals surface area (Å²) in [6.45, 7) is 21.5. The van der Waals surface area contributed by atoms with Crippen LogP contribution < -0.4 is 0 Å². The van der Waals surface area contributed by atoms with Gasteiger partial charge in [0.05, 0.1) is 13.0 Å². The van der Waals surface area contributed by atoms with Gasteiger partial charge < -0.3 is 14.5 Å². The van der Waals surface area contributed by atoms with Crippen molar-refractivity contribution in [2.45, 2.75) is 51.2 Å². The number of halogens is 1. The fourth-order valence-corrected chi connectivity index (χ4v) is 3.41. The van der Waals surface area contributed by atoms with Gasteiger partial charge in [-0.3, -0.25) is 0 Å². The van der Waals surface area contributed by atoms with Crippen molar-refractivity contribution in [1.82, 2.24) is 4.90 Å². The molecule has 0 atom stereocenters. The second-order valence-corrected chi connectivity index (χ2v) is 8.53. The average molecular weight is 451 g/mol. The first-order valence-electron chi connectivity index (χ1n) is 8.20. The van der Waals surface area contributed by atoms with E-state index in [9.17, 15) is 4.79 Å². The molecule has 6 heteroatoms. The van der Waals surface area contributed by atoms with E-state index in [2.05, 4.69) is 32.3 Å². The molecule has 0 spiro atoms. The zero-order chi connectivity index (χ0) is 18.7. The molecule has 1 amide bonds. The van der Waals surface area contributed by atoms with Gasteiger partial charge >= 0.3 is 6.09 Å². The molecule has 1 heterocycles. The van der Waals surface area contributed by atoms with Crippen molar-refractivity contribution in [3.63, 3.8) is 0 Å². The second kappa shape index (κ2) is 7.61. The van der Waals surface area contributed by atoms with Crippen molar-refractivity contribution >= 4 is 34.4 Å². The van der Waals surface area contributed by atoms with E-state index in [4.69, 9.17) is 17.9 Å². The van der Waals surface area contributed by atoms with Crippen LogP contribution in [0.15, 0.2) is 18.2 Å². The Balaban J connectivity index is 2.08. The summed E-state index contributed by atoms with van der Waals surface area (Å²) in [5.74, 6) is 0. The van der Waals surface area contributed by atoms with Gasteiger partial charge in [-0.1, -0.05) is 18.2 Å². The van der Waals surface area contributed by atoms with Crippen LogP contribution in [0.4, 0.5) is 10.5 Å². The number of rotatable bonds is 2. The van der Waals surface area contributed by atoms with Crippen molar-refractivity contribution in [1.29, 1.82) is 0 Å². The zero-order valence-electron chi connectivity index (χ0n) is 14.8. The number of hydrogen-bond donors (Lipinski definition) is 0. The summed E-state index contributed by atoms with van der Waals surface area (Å²) in [6.07, 6.45) is 1.54. The summed E-state index contributed by atoms with van der Waals surface area (Å²) in [5.41, 5.74) is 0.610. The van der Waals surface area contributed by atoms with Crippen LogP contribution in [-0.4, -0.2) is 35.2 Å². The maximum Gasteiger partial charge on any atom is 0.410 e. The van der Waals surface area contributed by atoms with Gasteiger partial charge in [0.25, 0.3) is 0 Å². The van der Waals surface area contributed by atoms with Gasteiger partial charge in [-0.2, -0.15) is 0 Å². The summed E-state index contributed by atoms with van der Waals surface area (Å²) in [6, 6.07) is 5.60. The highest BCUT2D eigenvalue weighted by Gasteiger charge is 2.42. The summed E-state index contributed by atoms with van der Waals surface area (Å²) in [7, 11) is 0. The number of benzene rings is 1. The van der Waals surface area contributed by atoms with Crippen LogP contribution in [0.25, 0.3) is 9.69 Å². The molecule has 1 aliphatic heterocycles. The predicted molar refractivity (Wildman–Crippen MR) is 105 cm³/mol. The number of hydrogen-bond acceptors (Lipinski definition) is 2. The largest absolute Gasteiger partial charge is 0.444 e. The van der Waals surface area contributed by atoms with Gasteiger partial charge in [-0.15, -0.1) is 0 Å². The van der Waals surface area contributed by atoms with E-state index in [1.54, 1.807) is 11.0 Å². The summed E-state index contributed by atoms with van der Waals surface area (Å²) < 4.78 is 6.49. The minimum absolute atomic E-state index is 0.310. The van der Waals surface area contributed by atoms with Crippen molar-refractivity contribution in [2.24, 2.45) is 0 Å². The van der Waals surface area contributed by atoms with Crippen LogP contribution in [0.1, 0.15) is 39.2 Å². The number of ether oxygens (including phenoxy) is 1. The SMILES string of the molecule is [C-]#[N+]c1ccc(I)c(CC2([N+]#[C-])CCN(C(=O)OC(C)(C)C)CC2)c1. The molecule has 0 saturated carbocycles. The Bertz CT molecular complexity index is 733. The van der Waals surface area contributed by atoms with Gasteiger partial charge in [0, 0.05) is 29.5 Å². The number of nitrogens with zero attached hydrogens (tertiary/aromatic N) is 3. The molecule has 1 fully saturated rings. The van der Waals surface area contributed by atoms with Crippen LogP contribution in [0.3, 0.4) is 0 Å². The number of piperidine rings is 1. The molecule has 1 aliphatic rings. The monoisotopic (exact) mass is 451 g/mol. The first kappa shape index (κ1) is 19.5. The molecule has 25 heavy (non-hydrogen) atoms. The van der Waals surface area contributed by atoms with E-state index in [0.717, 1.165) is 9.13 Å². The standard InChI is InChI=1S/C19H22IN3O2/c1-18(2,3)25-17(24)23-10-8-19(22-5,9-11-23)13-14-12-15(21-4)6-7-16(14)20/h6-7,12H,8-11,13H2,1-3H3. The van der Waals surface area contributed by atoms with Gasteiger partial charge in [0.15, 0.2) is 5.69 Å². The Morgan fingerprint density at radius 1 is 1.32 bits per heavy atom. The Hall–Kier alpha value is -1.80. The molecule has 0 aromatic heterocycles. The molecule has 0 aliphatic carbocycles. The lowest BCUT2D eigenvalue weighted by Crippen LogP contribution is -2.47. The Morgan fingerprint density at radius 3 is 2.48 bits per heavy atom. The molecule has 0 radical (unpaired) electrons. The average Bonchev–Trinajstić information content (AvgIpc) is 2.56. The molecule has 0 N–H and O–H groups in total. The van der Waals surface area contributed by atoms with E-state index in [0.29, 0.717) is 38.0 Å². The van der Waals surface area contributed by atoms with Crippen molar-refractivity contribution < 1.29 is 9.53 Å². The van der Waals surface area contributed by atoms with Gasteiger partial charge in [0.1, 0.15) is 5.60 Å². The highest BCUT2D eigenvalue weighted by Crippen LogP contribution is 2.33. The fraction of sp³-hybridized carbons (Fsp3) is 0.526. The normalized spacial score (nSPS) is 16.6. The van der Waals surface area contributed by atoms with Gasteiger partial charge in [-0.05, 0) is 48.9 Å². The third kappa shape index (κ3) is 5.09. The highest BCUT2D eigenvalue weighted by atomic mass is 127. The van der Waals surface area contributed by atoms with Crippen molar-refractivity contribution in [3.8, 4) is 0 Å². The maximum atomic E-state index is 12.2. The van der Waals surface area contributed by atoms with Crippen LogP contribution >= 0.6 is 22.6 Å². The molecule has 0 unspecified atom stereocenters. The number of likely N-dealkylation sites (tertiary alicyclic amines) is 1. The van der Waals surface area contributed by atoms with E-state index < -0.39 is 11.1 Å². The quantitative estimate of drug-likeness (QED) is 0.465. The number of carbonyl (C=O) groups excluding carboxylic acids is 1. The lowest BCUT2D eigenvalue weighted by atomic mass is 9.82. The maximum absolute atomic E-state index is 12.2. The molecule has 5 nitrogen and oxygen atoms in total. The summed E-state index contributed by atoms with van der Waals surface area (Å²) in [5, 5.41) is 0. The molecule has 132 valence electrons. The topological polar surface area (TPSA) is 38.3 Å². The minimum Gasteiger partial charge on any atom is -0.444 e. The third-order valence-electron chi connectivity index (χ3n) is 4.26. The number of amides is 1. The lowest BCUT2D eigenvalue weighted by molar-refractivity contribution is 0.0184. The molecule has 1 aromatic rings. The van der Waals surface area contributed by atoms with Crippen LogP contribution in [0.2, 0.25) is 0 Å². The third-order valence-corrected chi connectivity index (χ3v) is 5.31. The smallest absolute Gasteiger partial charge is 0.410 e.